The van der Waals surface area contributed by atoms with Gasteiger partial charge in [0.1, 0.15) is 22.3 Å². The molecule has 12 rings (SSSR count). The number of furan rings is 2. The van der Waals surface area contributed by atoms with E-state index in [-0.39, 0.29) is 23.0 Å². The highest BCUT2D eigenvalue weighted by atomic mass is 16.3. The van der Waals surface area contributed by atoms with Crippen molar-refractivity contribution in [3.05, 3.63) is 174 Å². The Morgan fingerprint density at radius 1 is 0.354 bits per heavy atom. The van der Waals surface area contributed by atoms with Crippen molar-refractivity contribution in [1.29, 1.82) is 0 Å². The fraction of sp³-hybridized carbons (Fsp3) is 0.200. The van der Waals surface area contributed by atoms with E-state index < -0.39 is 0 Å². The molecule has 65 heavy (non-hydrogen) atoms. The molecule has 318 valence electrons. The SMILES string of the molecule is CC(C)(C)c1ccc2c(c1)B1c3cc(C(C)(C)C)ccc3N(c3ccc4c(c3)oc3cc(C(C)(C)C)ccc34)c3cccc(c31)N2c1ccc(-c2ccc3oc4ccccc4c3c2)cc1. The molecular formula is C60H53BN2O2. The highest BCUT2D eigenvalue weighted by molar-refractivity contribution is 7.00. The van der Waals surface area contributed by atoms with E-state index >= 15 is 0 Å². The minimum atomic E-state index is -0.0352. The molecule has 0 unspecified atom stereocenters. The Balaban J connectivity index is 1.06. The molecule has 2 aromatic heterocycles. The van der Waals surface area contributed by atoms with Crippen molar-refractivity contribution in [1.82, 2.24) is 0 Å². The second kappa shape index (κ2) is 13.8. The summed E-state index contributed by atoms with van der Waals surface area (Å²) in [5, 5.41) is 4.56. The van der Waals surface area contributed by atoms with Gasteiger partial charge in [0.2, 0.25) is 0 Å². The average Bonchev–Trinajstić information content (AvgIpc) is 3.85. The largest absolute Gasteiger partial charge is 0.456 e. The van der Waals surface area contributed by atoms with Crippen LogP contribution in [0.25, 0.3) is 55.0 Å². The first-order chi connectivity index (χ1) is 31.1. The molecule has 4 heterocycles. The van der Waals surface area contributed by atoms with Gasteiger partial charge >= 0.3 is 0 Å². The summed E-state index contributed by atoms with van der Waals surface area (Å²) >= 11 is 0. The van der Waals surface area contributed by atoms with Crippen LogP contribution in [0.1, 0.15) is 79.0 Å². The fourth-order valence-electron chi connectivity index (χ4n) is 10.5. The Morgan fingerprint density at radius 3 is 1.49 bits per heavy atom. The van der Waals surface area contributed by atoms with Crippen molar-refractivity contribution in [3.63, 3.8) is 0 Å². The summed E-state index contributed by atoms with van der Waals surface area (Å²) in [5.74, 6) is 0. The molecule has 0 N–H and O–H groups in total. The van der Waals surface area contributed by atoms with Crippen LogP contribution in [-0.4, -0.2) is 6.71 Å². The number of fused-ring (bicyclic) bond motifs is 10. The topological polar surface area (TPSA) is 32.8 Å². The van der Waals surface area contributed by atoms with E-state index in [2.05, 4.69) is 218 Å². The Bertz CT molecular complexity index is 3570. The van der Waals surface area contributed by atoms with Gasteiger partial charge in [0.05, 0.1) is 0 Å². The Morgan fingerprint density at radius 2 is 0.846 bits per heavy atom. The summed E-state index contributed by atoms with van der Waals surface area (Å²) in [4.78, 5) is 4.99. The molecule has 2 aliphatic heterocycles. The third-order valence-corrected chi connectivity index (χ3v) is 14.1. The van der Waals surface area contributed by atoms with E-state index in [1.165, 1.54) is 67.0 Å². The summed E-state index contributed by atoms with van der Waals surface area (Å²) in [7, 11) is 0. The molecule has 0 atom stereocenters. The lowest BCUT2D eigenvalue weighted by Crippen LogP contribution is -2.61. The van der Waals surface area contributed by atoms with Crippen LogP contribution in [0, 0.1) is 0 Å². The third kappa shape index (κ3) is 6.19. The number of para-hydroxylation sites is 1. The number of anilines is 6. The van der Waals surface area contributed by atoms with Crippen molar-refractivity contribution in [2.24, 2.45) is 0 Å². The van der Waals surface area contributed by atoms with Crippen LogP contribution < -0.4 is 26.2 Å². The van der Waals surface area contributed by atoms with E-state index in [1.807, 2.05) is 12.1 Å². The van der Waals surface area contributed by atoms with Crippen molar-refractivity contribution >= 4 is 101 Å². The number of hydrogen-bond donors (Lipinski definition) is 0. The first kappa shape index (κ1) is 39.6. The zero-order valence-corrected chi connectivity index (χ0v) is 38.8. The maximum atomic E-state index is 6.74. The molecule has 8 aromatic carbocycles. The molecule has 0 saturated heterocycles. The van der Waals surface area contributed by atoms with Gasteiger partial charge in [-0.25, -0.2) is 0 Å². The summed E-state index contributed by atoms with van der Waals surface area (Å²) in [5.41, 5.74) is 20.8. The molecular weight excluding hydrogens is 791 g/mol. The minimum Gasteiger partial charge on any atom is -0.456 e. The maximum Gasteiger partial charge on any atom is 0.252 e. The molecule has 0 spiro atoms. The predicted molar refractivity (Wildman–Crippen MR) is 277 cm³/mol. The van der Waals surface area contributed by atoms with Crippen LogP contribution in [0.4, 0.5) is 34.1 Å². The van der Waals surface area contributed by atoms with Gasteiger partial charge < -0.3 is 18.6 Å². The van der Waals surface area contributed by atoms with Gasteiger partial charge in [-0.1, -0.05) is 141 Å². The second-order valence-electron chi connectivity index (χ2n) is 21.5. The Hall–Kier alpha value is -6.98. The lowest BCUT2D eigenvalue weighted by Gasteiger charge is -2.44. The average molecular weight is 845 g/mol. The molecule has 0 fully saturated rings. The van der Waals surface area contributed by atoms with Gasteiger partial charge in [0.15, 0.2) is 0 Å². The van der Waals surface area contributed by atoms with Crippen molar-refractivity contribution in [3.8, 4) is 11.1 Å². The molecule has 0 saturated carbocycles. The fourth-order valence-corrected chi connectivity index (χ4v) is 10.5. The van der Waals surface area contributed by atoms with Crippen LogP contribution in [-0.2, 0) is 16.2 Å². The molecule has 0 amide bonds. The minimum absolute atomic E-state index is 0.0184. The zero-order valence-electron chi connectivity index (χ0n) is 38.8. The molecule has 4 nitrogen and oxygen atoms in total. The Labute approximate surface area is 382 Å². The Kier molecular flexibility index (Phi) is 8.39. The van der Waals surface area contributed by atoms with Crippen LogP contribution >= 0.6 is 0 Å². The van der Waals surface area contributed by atoms with Crippen LogP contribution in [0.5, 0.6) is 0 Å². The van der Waals surface area contributed by atoms with Crippen LogP contribution in [0.3, 0.4) is 0 Å². The molecule has 5 heteroatoms. The number of rotatable bonds is 3. The molecule has 0 aliphatic carbocycles. The van der Waals surface area contributed by atoms with Crippen molar-refractivity contribution in [2.75, 3.05) is 9.80 Å². The standard InChI is InChI=1S/C60H53BN2O2/c1-58(2,3)38-21-28-49-47(32-38)61-48-33-39(59(4,5)6)22-29-50(48)63(42-25-27-45-44-26-20-40(60(7,8)9)34-55(44)65-56(45)35-42)52-15-12-14-51(57(52)61)62(49)41-23-17-36(18-24-41)37-19-30-54-46(31-37)43-13-10-11-16-53(43)64-54/h10-35H,1-9H3. The van der Waals surface area contributed by atoms with Gasteiger partial charge in [0.25, 0.3) is 6.71 Å². The van der Waals surface area contributed by atoms with Gasteiger partial charge in [-0.2, -0.15) is 0 Å². The lowest BCUT2D eigenvalue weighted by molar-refractivity contribution is 0.587. The van der Waals surface area contributed by atoms with Gasteiger partial charge in [-0.15, -0.1) is 0 Å². The van der Waals surface area contributed by atoms with E-state index in [0.717, 1.165) is 55.3 Å². The van der Waals surface area contributed by atoms with Crippen molar-refractivity contribution in [2.45, 2.75) is 78.6 Å². The van der Waals surface area contributed by atoms with Crippen molar-refractivity contribution < 1.29 is 8.83 Å². The molecule has 2 aliphatic rings. The summed E-state index contributed by atoms with van der Waals surface area (Å²) in [6.45, 7) is 20.7. The van der Waals surface area contributed by atoms with E-state index in [1.54, 1.807) is 0 Å². The highest BCUT2D eigenvalue weighted by Crippen LogP contribution is 2.46. The quantitative estimate of drug-likeness (QED) is 0.166. The lowest BCUT2D eigenvalue weighted by atomic mass is 9.33. The smallest absolute Gasteiger partial charge is 0.252 e. The van der Waals surface area contributed by atoms with E-state index in [4.69, 9.17) is 8.83 Å². The molecule has 0 radical (unpaired) electrons. The zero-order chi connectivity index (χ0) is 44.7. The maximum absolute atomic E-state index is 6.74. The number of nitrogens with zero attached hydrogens (tertiary/aromatic N) is 2. The van der Waals surface area contributed by atoms with Crippen LogP contribution in [0.2, 0.25) is 0 Å². The van der Waals surface area contributed by atoms with E-state index in [9.17, 15) is 0 Å². The monoisotopic (exact) mass is 844 g/mol. The normalized spacial score (nSPS) is 13.8. The van der Waals surface area contributed by atoms with Gasteiger partial charge in [0, 0.05) is 61.7 Å². The van der Waals surface area contributed by atoms with Gasteiger partial charge in [-0.05, 0) is 133 Å². The summed E-state index contributed by atoms with van der Waals surface area (Å²) in [6.07, 6.45) is 0. The summed E-state index contributed by atoms with van der Waals surface area (Å²) in [6, 6.07) is 58.8. The highest BCUT2D eigenvalue weighted by Gasteiger charge is 2.44. The second-order valence-corrected chi connectivity index (χ2v) is 21.5. The number of benzene rings is 8. The number of hydrogen-bond acceptors (Lipinski definition) is 4. The van der Waals surface area contributed by atoms with Gasteiger partial charge in [-0.3, -0.25) is 0 Å². The molecule has 10 aromatic rings. The van der Waals surface area contributed by atoms with E-state index in [0.29, 0.717) is 0 Å². The predicted octanol–water partition coefficient (Wildman–Crippen LogP) is 15.1. The van der Waals surface area contributed by atoms with Crippen LogP contribution in [0.15, 0.2) is 167 Å². The third-order valence-electron chi connectivity index (χ3n) is 14.1. The first-order valence-corrected chi connectivity index (χ1v) is 23.1. The summed E-state index contributed by atoms with van der Waals surface area (Å²) < 4.78 is 12.9. The molecule has 0 bridgehead atoms. The first-order valence-electron chi connectivity index (χ1n) is 23.1.